The molecule has 1 amide bonds. The molecule has 0 aromatic heterocycles. The molecule has 6 heteroatoms. The largest absolute Gasteiger partial charge is 0.374 e. The maximum absolute atomic E-state index is 12.5. The summed E-state index contributed by atoms with van der Waals surface area (Å²) in [5, 5.41) is 0. The van der Waals surface area contributed by atoms with Gasteiger partial charge in [0, 0.05) is 13.1 Å². The molecule has 0 spiro atoms. The molecule has 3 fully saturated rings. The number of fused-ring (bicyclic) bond motifs is 1. The highest BCUT2D eigenvalue weighted by molar-refractivity contribution is 5.85. The number of rotatable bonds is 2. The van der Waals surface area contributed by atoms with E-state index in [9.17, 15) is 4.79 Å². The van der Waals surface area contributed by atoms with Crippen molar-refractivity contribution in [2.75, 3.05) is 19.7 Å². The fraction of sp³-hybridized carbons (Fsp3) is 0.923. The molecule has 5 nitrogen and oxygen atoms in total. The second-order valence-electron chi connectivity index (χ2n) is 5.50. The van der Waals surface area contributed by atoms with Gasteiger partial charge in [0.05, 0.1) is 24.9 Å². The third-order valence-electron chi connectivity index (χ3n) is 4.41. The van der Waals surface area contributed by atoms with Crippen molar-refractivity contribution in [3.8, 4) is 0 Å². The molecule has 2 aliphatic heterocycles. The number of hydrogen-bond donors (Lipinski definition) is 1. The van der Waals surface area contributed by atoms with Gasteiger partial charge in [0.15, 0.2) is 0 Å². The zero-order valence-corrected chi connectivity index (χ0v) is 11.9. The summed E-state index contributed by atoms with van der Waals surface area (Å²) in [7, 11) is 0. The van der Waals surface area contributed by atoms with E-state index in [0.717, 1.165) is 32.1 Å². The average molecular weight is 291 g/mol. The third kappa shape index (κ3) is 2.89. The van der Waals surface area contributed by atoms with Gasteiger partial charge in [-0.3, -0.25) is 4.79 Å². The molecule has 2 unspecified atom stereocenters. The molecular weight excluding hydrogens is 268 g/mol. The minimum atomic E-state index is -0.266. The van der Waals surface area contributed by atoms with Crippen molar-refractivity contribution in [2.24, 2.45) is 5.73 Å². The van der Waals surface area contributed by atoms with Gasteiger partial charge in [-0.25, -0.2) is 0 Å². The standard InChI is InChI=1S/C13H22N2O3.ClH/c14-8-9-4-5-12(18-9)13(16)15-6-7-17-11-3-1-2-10(11)15;/h9-12H,1-8,14H2;1H/t9-,10?,11?,12+;/m1./s1. The lowest BCUT2D eigenvalue weighted by Gasteiger charge is -2.38. The van der Waals surface area contributed by atoms with E-state index in [1.54, 1.807) is 0 Å². The Labute approximate surface area is 120 Å². The summed E-state index contributed by atoms with van der Waals surface area (Å²) in [6.07, 6.45) is 5.11. The van der Waals surface area contributed by atoms with Crippen LogP contribution in [-0.4, -0.2) is 54.9 Å². The van der Waals surface area contributed by atoms with E-state index in [1.807, 2.05) is 4.90 Å². The molecule has 0 radical (unpaired) electrons. The summed E-state index contributed by atoms with van der Waals surface area (Å²) in [6, 6.07) is 0.284. The number of nitrogens with zero attached hydrogens (tertiary/aromatic N) is 1. The fourth-order valence-corrected chi connectivity index (χ4v) is 3.44. The number of halogens is 1. The molecule has 2 heterocycles. The molecule has 1 saturated carbocycles. The summed E-state index contributed by atoms with van der Waals surface area (Å²) in [5.41, 5.74) is 5.59. The first-order chi connectivity index (χ1) is 8.79. The molecule has 2 N–H and O–H groups in total. The summed E-state index contributed by atoms with van der Waals surface area (Å²) in [6.45, 7) is 1.89. The molecule has 19 heavy (non-hydrogen) atoms. The van der Waals surface area contributed by atoms with Crippen LogP contribution in [0.2, 0.25) is 0 Å². The second-order valence-corrected chi connectivity index (χ2v) is 5.50. The van der Waals surface area contributed by atoms with Crippen molar-refractivity contribution in [2.45, 2.75) is 56.5 Å². The molecule has 1 aliphatic carbocycles. The maximum Gasteiger partial charge on any atom is 0.252 e. The van der Waals surface area contributed by atoms with E-state index in [4.69, 9.17) is 15.2 Å². The van der Waals surface area contributed by atoms with Crippen LogP contribution in [0.1, 0.15) is 32.1 Å². The Balaban J connectivity index is 0.00000133. The van der Waals surface area contributed by atoms with E-state index in [1.165, 1.54) is 0 Å². The first-order valence-corrected chi connectivity index (χ1v) is 7.07. The van der Waals surface area contributed by atoms with Crippen LogP contribution in [0, 0.1) is 0 Å². The molecular formula is C13H23ClN2O3. The number of carbonyl (C=O) groups excluding carboxylic acids is 1. The van der Waals surface area contributed by atoms with Gasteiger partial charge in [0.2, 0.25) is 0 Å². The van der Waals surface area contributed by atoms with Gasteiger partial charge < -0.3 is 20.1 Å². The SMILES string of the molecule is Cl.NC[C@H]1CC[C@@H](C(=O)N2CCOC3CCCC32)O1. The Bertz CT molecular complexity index is 329. The fourth-order valence-electron chi connectivity index (χ4n) is 3.44. The van der Waals surface area contributed by atoms with Gasteiger partial charge in [-0.15, -0.1) is 12.4 Å². The summed E-state index contributed by atoms with van der Waals surface area (Å²) < 4.78 is 11.4. The van der Waals surface area contributed by atoms with E-state index in [2.05, 4.69) is 0 Å². The first-order valence-electron chi connectivity index (χ1n) is 7.07. The average Bonchev–Trinajstić information content (AvgIpc) is 3.05. The van der Waals surface area contributed by atoms with Crippen molar-refractivity contribution in [3.63, 3.8) is 0 Å². The normalized spacial score (nSPS) is 37.8. The molecule has 2 saturated heterocycles. The van der Waals surface area contributed by atoms with Gasteiger partial charge in [-0.2, -0.15) is 0 Å². The lowest BCUT2D eigenvalue weighted by atomic mass is 10.1. The number of ether oxygens (including phenoxy) is 2. The Hall–Kier alpha value is -0.360. The molecule has 0 aromatic carbocycles. The zero-order valence-electron chi connectivity index (χ0n) is 11.1. The predicted molar refractivity (Wildman–Crippen MR) is 73.3 cm³/mol. The van der Waals surface area contributed by atoms with Crippen molar-refractivity contribution in [3.05, 3.63) is 0 Å². The Kier molecular flexibility index (Phi) is 5.06. The molecule has 4 atom stereocenters. The van der Waals surface area contributed by atoms with Crippen LogP contribution < -0.4 is 5.73 Å². The first kappa shape index (κ1) is 15.0. The van der Waals surface area contributed by atoms with Crippen molar-refractivity contribution in [1.82, 2.24) is 4.90 Å². The van der Waals surface area contributed by atoms with Gasteiger partial charge in [0.1, 0.15) is 6.10 Å². The highest BCUT2D eigenvalue weighted by atomic mass is 35.5. The molecule has 0 aromatic rings. The zero-order chi connectivity index (χ0) is 12.5. The van der Waals surface area contributed by atoms with Crippen LogP contribution in [0.5, 0.6) is 0 Å². The number of hydrogen-bond acceptors (Lipinski definition) is 4. The van der Waals surface area contributed by atoms with Gasteiger partial charge >= 0.3 is 0 Å². The molecule has 3 aliphatic rings. The Morgan fingerprint density at radius 3 is 2.84 bits per heavy atom. The van der Waals surface area contributed by atoms with E-state index in [0.29, 0.717) is 19.7 Å². The van der Waals surface area contributed by atoms with Crippen molar-refractivity contribution >= 4 is 18.3 Å². The smallest absolute Gasteiger partial charge is 0.252 e. The van der Waals surface area contributed by atoms with Crippen LogP contribution in [0.15, 0.2) is 0 Å². The minimum absolute atomic E-state index is 0. The van der Waals surface area contributed by atoms with Crippen LogP contribution in [0.25, 0.3) is 0 Å². The van der Waals surface area contributed by atoms with Crippen LogP contribution >= 0.6 is 12.4 Å². The van der Waals surface area contributed by atoms with Crippen molar-refractivity contribution in [1.29, 1.82) is 0 Å². The molecule has 3 rings (SSSR count). The highest BCUT2D eigenvalue weighted by Crippen LogP contribution is 2.31. The topological polar surface area (TPSA) is 64.8 Å². The Morgan fingerprint density at radius 2 is 2.11 bits per heavy atom. The van der Waals surface area contributed by atoms with E-state index < -0.39 is 0 Å². The van der Waals surface area contributed by atoms with Crippen LogP contribution in [0.4, 0.5) is 0 Å². The van der Waals surface area contributed by atoms with Crippen LogP contribution in [0.3, 0.4) is 0 Å². The highest BCUT2D eigenvalue weighted by Gasteiger charge is 2.42. The summed E-state index contributed by atoms with van der Waals surface area (Å²) in [4.78, 5) is 14.5. The molecule has 110 valence electrons. The summed E-state index contributed by atoms with van der Waals surface area (Å²) >= 11 is 0. The lowest BCUT2D eigenvalue weighted by Crippen LogP contribution is -2.54. The monoisotopic (exact) mass is 290 g/mol. The van der Waals surface area contributed by atoms with E-state index in [-0.39, 0.29) is 42.7 Å². The van der Waals surface area contributed by atoms with E-state index >= 15 is 0 Å². The van der Waals surface area contributed by atoms with Gasteiger partial charge in [-0.05, 0) is 32.1 Å². The van der Waals surface area contributed by atoms with Gasteiger partial charge in [-0.1, -0.05) is 0 Å². The number of nitrogens with two attached hydrogens (primary N) is 1. The minimum Gasteiger partial charge on any atom is -0.374 e. The Morgan fingerprint density at radius 1 is 1.26 bits per heavy atom. The van der Waals surface area contributed by atoms with Crippen molar-refractivity contribution < 1.29 is 14.3 Å². The third-order valence-corrected chi connectivity index (χ3v) is 4.41. The maximum atomic E-state index is 12.5. The lowest BCUT2D eigenvalue weighted by molar-refractivity contribution is -0.155. The number of carbonyl (C=O) groups is 1. The quantitative estimate of drug-likeness (QED) is 0.813. The number of amides is 1. The van der Waals surface area contributed by atoms with Gasteiger partial charge in [0.25, 0.3) is 5.91 Å². The number of morpholine rings is 1. The molecule has 0 bridgehead atoms. The summed E-state index contributed by atoms with van der Waals surface area (Å²) in [5.74, 6) is 0.158. The predicted octanol–water partition coefficient (Wildman–Crippen LogP) is 0.694. The van der Waals surface area contributed by atoms with Crippen LogP contribution in [-0.2, 0) is 14.3 Å². The second kappa shape index (κ2) is 6.39.